The summed E-state index contributed by atoms with van der Waals surface area (Å²) in [6.07, 6.45) is 5.87. The second kappa shape index (κ2) is 10.2. The third kappa shape index (κ3) is 5.59. The lowest BCUT2D eigenvalue weighted by Gasteiger charge is -2.29. The van der Waals surface area contributed by atoms with Crippen LogP contribution in [-0.2, 0) is 34.2 Å². The number of benzene rings is 1. The molecule has 1 amide bonds. The molecular formula is C23H27N7O4S2. The van der Waals surface area contributed by atoms with Gasteiger partial charge in [-0.05, 0) is 37.3 Å². The van der Waals surface area contributed by atoms with Gasteiger partial charge in [-0.15, -0.1) is 0 Å². The van der Waals surface area contributed by atoms with Crippen LogP contribution in [0.2, 0.25) is 0 Å². The number of amides is 1. The number of nitrogens with one attached hydrogen (secondary N) is 3. The van der Waals surface area contributed by atoms with Crippen molar-refractivity contribution in [3.63, 3.8) is 0 Å². The molecule has 5 rings (SSSR count). The Morgan fingerprint density at radius 3 is 2.69 bits per heavy atom. The summed E-state index contributed by atoms with van der Waals surface area (Å²) in [5.74, 6) is 0.126. The first kappa shape index (κ1) is 24.8. The lowest BCUT2D eigenvalue weighted by molar-refractivity contribution is -0.113. The second-order valence-electron chi connectivity index (χ2n) is 9.10. The Hall–Kier alpha value is -2.87. The van der Waals surface area contributed by atoms with Gasteiger partial charge < -0.3 is 15.2 Å². The van der Waals surface area contributed by atoms with Gasteiger partial charge in [0.2, 0.25) is 15.9 Å². The Balaban J connectivity index is 1.15. The molecule has 1 aliphatic carbocycles. The van der Waals surface area contributed by atoms with E-state index in [0.717, 1.165) is 42.3 Å². The number of thioether (sulfide) groups is 1. The number of hydrogen-bond acceptors (Lipinski definition) is 9. The fourth-order valence-corrected chi connectivity index (χ4v) is 6.72. The zero-order valence-electron chi connectivity index (χ0n) is 19.7. The highest BCUT2D eigenvalue weighted by Crippen LogP contribution is 2.28. The summed E-state index contributed by atoms with van der Waals surface area (Å²) in [5, 5.41) is 6.79. The third-order valence-electron chi connectivity index (χ3n) is 6.46. The van der Waals surface area contributed by atoms with E-state index >= 15 is 0 Å². The van der Waals surface area contributed by atoms with E-state index in [-0.39, 0.29) is 35.1 Å². The standard InChI is InChI=1S/C23H27N7O4S2/c1-30-20(32)11-25-18-4-2-3-14(21(18)30)9-24-15-5-7-16(8-6-15)29-36(33,34)13-17-10-26-23-22(27-17)28-19(31)12-35-23/h2-4,10-11,15-16,24,29H,5-9,12-13H2,1H3,(H,27,28,31)/t15-,16-. The van der Waals surface area contributed by atoms with Crippen molar-refractivity contribution in [2.75, 3.05) is 11.1 Å². The zero-order valence-corrected chi connectivity index (χ0v) is 21.4. The van der Waals surface area contributed by atoms with Crippen molar-refractivity contribution in [3.05, 3.63) is 52.2 Å². The average molecular weight is 530 g/mol. The van der Waals surface area contributed by atoms with Crippen molar-refractivity contribution in [2.24, 2.45) is 7.05 Å². The van der Waals surface area contributed by atoms with Crippen LogP contribution in [0.1, 0.15) is 36.9 Å². The summed E-state index contributed by atoms with van der Waals surface area (Å²) >= 11 is 1.28. The molecule has 0 saturated heterocycles. The minimum atomic E-state index is -3.61. The summed E-state index contributed by atoms with van der Waals surface area (Å²) in [6.45, 7) is 0.600. The van der Waals surface area contributed by atoms with Gasteiger partial charge in [0.15, 0.2) is 5.82 Å². The van der Waals surface area contributed by atoms with Crippen LogP contribution in [0, 0.1) is 0 Å². The molecule has 3 aromatic rings. The number of sulfonamides is 1. The number of fused-ring (bicyclic) bond motifs is 2. The quantitative estimate of drug-likeness (QED) is 0.412. The molecule has 2 aliphatic rings. The first-order valence-electron chi connectivity index (χ1n) is 11.7. The Kier molecular flexibility index (Phi) is 7.06. The second-order valence-corrected chi connectivity index (χ2v) is 11.8. The summed E-state index contributed by atoms with van der Waals surface area (Å²) in [5.41, 5.74) is 2.75. The van der Waals surface area contributed by atoms with Gasteiger partial charge in [-0.2, -0.15) is 0 Å². The maximum atomic E-state index is 12.8. The van der Waals surface area contributed by atoms with Crippen molar-refractivity contribution >= 4 is 44.5 Å². The molecule has 190 valence electrons. The molecule has 1 aliphatic heterocycles. The first-order chi connectivity index (χ1) is 17.3. The fraction of sp³-hybridized carbons (Fsp3) is 0.435. The van der Waals surface area contributed by atoms with Crippen LogP contribution >= 0.6 is 11.8 Å². The van der Waals surface area contributed by atoms with Crippen LogP contribution in [0.4, 0.5) is 5.82 Å². The minimum Gasteiger partial charge on any atom is -0.310 e. The van der Waals surface area contributed by atoms with Crippen LogP contribution in [0.15, 0.2) is 40.4 Å². The maximum Gasteiger partial charge on any atom is 0.269 e. The van der Waals surface area contributed by atoms with E-state index in [9.17, 15) is 18.0 Å². The molecule has 0 bridgehead atoms. The molecule has 36 heavy (non-hydrogen) atoms. The number of anilines is 1. The number of para-hydroxylation sites is 1. The summed E-state index contributed by atoms with van der Waals surface area (Å²) < 4.78 is 29.9. The van der Waals surface area contributed by atoms with Gasteiger partial charge in [0, 0.05) is 25.7 Å². The normalized spacial score (nSPS) is 20.2. The van der Waals surface area contributed by atoms with E-state index in [2.05, 4.69) is 30.3 Å². The monoisotopic (exact) mass is 529 g/mol. The molecule has 13 heteroatoms. The summed E-state index contributed by atoms with van der Waals surface area (Å²) in [7, 11) is -1.86. The fourth-order valence-electron chi connectivity index (χ4n) is 4.67. The van der Waals surface area contributed by atoms with E-state index in [0.29, 0.717) is 23.1 Å². The van der Waals surface area contributed by atoms with Crippen molar-refractivity contribution in [1.29, 1.82) is 0 Å². The molecule has 11 nitrogen and oxygen atoms in total. The van der Waals surface area contributed by atoms with Crippen LogP contribution in [0.3, 0.4) is 0 Å². The zero-order chi connectivity index (χ0) is 25.3. The number of aromatic nitrogens is 4. The average Bonchev–Trinajstić information content (AvgIpc) is 2.85. The Morgan fingerprint density at radius 2 is 1.89 bits per heavy atom. The Bertz CT molecular complexity index is 1470. The van der Waals surface area contributed by atoms with Crippen molar-refractivity contribution in [1.82, 2.24) is 29.6 Å². The van der Waals surface area contributed by atoms with Crippen LogP contribution in [0.25, 0.3) is 11.0 Å². The number of aryl methyl sites for hydroxylation is 1. The van der Waals surface area contributed by atoms with E-state index in [4.69, 9.17) is 0 Å². The highest BCUT2D eigenvalue weighted by molar-refractivity contribution is 8.00. The minimum absolute atomic E-state index is 0.142. The Labute approximate surface area is 212 Å². The van der Waals surface area contributed by atoms with E-state index in [1.165, 1.54) is 24.2 Å². The molecule has 0 unspecified atom stereocenters. The van der Waals surface area contributed by atoms with E-state index < -0.39 is 10.0 Å². The van der Waals surface area contributed by atoms with Gasteiger partial charge in [-0.1, -0.05) is 23.9 Å². The first-order valence-corrected chi connectivity index (χ1v) is 14.4. The van der Waals surface area contributed by atoms with Crippen molar-refractivity contribution in [3.8, 4) is 0 Å². The molecule has 1 saturated carbocycles. The Morgan fingerprint density at radius 1 is 1.11 bits per heavy atom. The number of hydrogen-bond donors (Lipinski definition) is 3. The molecule has 0 radical (unpaired) electrons. The van der Waals surface area contributed by atoms with Gasteiger partial charge in [0.25, 0.3) is 5.56 Å². The summed E-state index contributed by atoms with van der Waals surface area (Å²) in [6, 6.07) is 5.92. The molecule has 0 atom stereocenters. The number of carbonyl (C=O) groups is 1. The van der Waals surface area contributed by atoms with Gasteiger partial charge in [0.1, 0.15) is 10.8 Å². The molecular weight excluding hydrogens is 502 g/mol. The van der Waals surface area contributed by atoms with E-state index in [1.54, 1.807) is 11.6 Å². The van der Waals surface area contributed by atoms with Gasteiger partial charge >= 0.3 is 0 Å². The van der Waals surface area contributed by atoms with Crippen LogP contribution in [0.5, 0.6) is 0 Å². The molecule has 3 heterocycles. The lowest BCUT2D eigenvalue weighted by atomic mass is 9.91. The van der Waals surface area contributed by atoms with E-state index in [1.807, 2.05) is 18.2 Å². The molecule has 1 fully saturated rings. The SMILES string of the molecule is Cn1c(=O)cnc2cccc(CN[C@H]3CC[C@H](NS(=O)(=O)Cc4cnc5c(n4)NC(=O)CS5)CC3)c21. The number of nitrogens with zero attached hydrogens (tertiary/aromatic N) is 4. The van der Waals surface area contributed by atoms with Crippen molar-refractivity contribution in [2.45, 2.75) is 55.1 Å². The topological polar surface area (TPSA) is 148 Å². The highest BCUT2D eigenvalue weighted by atomic mass is 32.2. The lowest BCUT2D eigenvalue weighted by Crippen LogP contribution is -2.42. The number of carbonyl (C=O) groups excluding carboxylic acids is 1. The highest BCUT2D eigenvalue weighted by Gasteiger charge is 2.26. The molecule has 0 spiro atoms. The predicted octanol–water partition coefficient (Wildman–Crippen LogP) is 1.29. The van der Waals surface area contributed by atoms with Gasteiger partial charge in [-0.25, -0.2) is 28.1 Å². The molecule has 2 aromatic heterocycles. The maximum absolute atomic E-state index is 12.8. The smallest absolute Gasteiger partial charge is 0.269 e. The third-order valence-corrected chi connectivity index (χ3v) is 8.80. The molecule has 1 aromatic carbocycles. The van der Waals surface area contributed by atoms with Gasteiger partial charge in [-0.3, -0.25) is 9.59 Å². The molecule has 3 N–H and O–H groups in total. The summed E-state index contributed by atoms with van der Waals surface area (Å²) in [4.78, 5) is 36.3. The largest absolute Gasteiger partial charge is 0.310 e. The van der Waals surface area contributed by atoms with Crippen LogP contribution in [-0.4, -0.2) is 51.7 Å². The predicted molar refractivity (Wildman–Crippen MR) is 137 cm³/mol. The van der Waals surface area contributed by atoms with Crippen molar-refractivity contribution < 1.29 is 13.2 Å². The van der Waals surface area contributed by atoms with Crippen LogP contribution < -0.4 is 20.9 Å². The van der Waals surface area contributed by atoms with Gasteiger partial charge in [0.05, 0.1) is 34.9 Å². The number of rotatable bonds is 7.